The SMILES string of the molecule is CC(C)(C)c1ccc(=O)n(CCN2CCN(CCn3ccccc3=O)CC2)n1. The quantitative estimate of drug-likeness (QED) is 0.743. The number of hydrogen-bond donors (Lipinski definition) is 0. The molecular formula is C21H31N5O2. The van der Waals surface area contributed by atoms with E-state index < -0.39 is 0 Å². The van der Waals surface area contributed by atoms with Gasteiger partial charge < -0.3 is 4.57 Å². The molecule has 0 amide bonds. The number of aromatic nitrogens is 3. The van der Waals surface area contributed by atoms with Gasteiger partial charge in [0, 0.05) is 69.6 Å². The topological polar surface area (TPSA) is 63.4 Å². The van der Waals surface area contributed by atoms with Crippen molar-refractivity contribution in [2.45, 2.75) is 39.3 Å². The molecular weight excluding hydrogens is 354 g/mol. The third-order valence-corrected chi connectivity index (χ3v) is 5.28. The van der Waals surface area contributed by atoms with Gasteiger partial charge in [-0.3, -0.25) is 19.4 Å². The van der Waals surface area contributed by atoms with Gasteiger partial charge in [-0.15, -0.1) is 0 Å². The summed E-state index contributed by atoms with van der Waals surface area (Å²) >= 11 is 0. The molecule has 28 heavy (non-hydrogen) atoms. The Bertz CT molecular complexity index is 888. The van der Waals surface area contributed by atoms with Crippen molar-refractivity contribution in [3.8, 4) is 0 Å². The highest BCUT2D eigenvalue weighted by molar-refractivity contribution is 5.10. The second kappa shape index (κ2) is 8.84. The first-order chi connectivity index (χ1) is 13.3. The molecule has 0 aliphatic carbocycles. The zero-order valence-electron chi connectivity index (χ0n) is 17.2. The summed E-state index contributed by atoms with van der Waals surface area (Å²) in [6, 6.07) is 8.72. The molecule has 1 fully saturated rings. The third kappa shape index (κ3) is 5.39. The van der Waals surface area contributed by atoms with Crippen LogP contribution in [0.3, 0.4) is 0 Å². The van der Waals surface area contributed by atoms with Crippen LogP contribution in [0, 0.1) is 0 Å². The fourth-order valence-corrected chi connectivity index (χ4v) is 3.38. The molecule has 0 spiro atoms. The van der Waals surface area contributed by atoms with E-state index in [4.69, 9.17) is 0 Å². The molecule has 0 N–H and O–H groups in total. The summed E-state index contributed by atoms with van der Waals surface area (Å²) < 4.78 is 3.35. The predicted molar refractivity (Wildman–Crippen MR) is 111 cm³/mol. The van der Waals surface area contributed by atoms with Gasteiger partial charge in [-0.2, -0.15) is 5.10 Å². The minimum atomic E-state index is -0.0677. The Morgan fingerprint density at radius 2 is 1.46 bits per heavy atom. The average Bonchev–Trinajstić information content (AvgIpc) is 2.67. The Hall–Kier alpha value is -2.25. The highest BCUT2D eigenvalue weighted by Crippen LogP contribution is 2.18. The van der Waals surface area contributed by atoms with Gasteiger partial charge in [-0.25, -0.2) is 4.68 Å². The predicted octanol–water partition coefficient (Wildman–Crippen LogP) is 1.02. The van der Waals surface area contributed by atoms with Crippen molar-refractivity contribution in [3.05, 3.63) is 62.9 Å². The molecule has 1 aliphatic rings. The maximum atomic E-state index is 12.1. The lowest BCUT2D eigenvalue weighted by Crippen LogP contribution is -2.48. The minimum Gasteiger partial charge on any atom is -0.314 e. The van der Waals surface area contributed by atoms with Gasteiger partial charge in [0.15, 0.2) is 0 Å². The Labute approximate surface area is 166 Å². The van der Waals surface area contributed by atoms with Crippen LogP contribution in [0.15, 0.2) is 46.1 Å². The number of nitrogens with zero attached hydrogens (tertiary/aromatic N) is 5. The molecule has 0 saturated carbocycles. The summed E-state index contributed by atoms with van der Waals surface area (Å²) in [4.78, 5) is 28.7. The molecule has 2 aromatic rings. The van der Waals surface area contributed by atoms with Crippen LogP contribution in [0.2, 0.25) is 0 Å². The van der Waals surface area contributed by atoms with E-state index in [2.05, 4.69) is 35.7 Å². The Morgan fingerprint density at radius 3 is 2.07 bits per heavy atom. The lowest BCUT2D eigenvalue weighted by molar-refractivity contribution is 0.124. The number of pyridine rings is 1. The number of rotatable bonds is 6. The standard InChI is InChI=1S/C21H31N5O2/c1-21(2,3)18-7-8-20(28)26(22-18)17-15-24-12-10-23(11-13-24)14-16-25-9-5-4-6-19(25)27/h4-9H,10-17H2,1-3H3. The highest BCUT2D eigenvalue weighted by atomic mass is 16.1. The fourth-order valence-electron chi connectivity index (χ4n) is 3.38. The van der Waals surface area contributed by atoms with Crippen molar-refractivity contribution in [3.63, 3.8) is 0 Å². The first-order valence-electron chi connectivity index (χ1n) is 10.0. The van der Waals surface area contributed by atoms with Crippen LogP contribution in [0.25, 0.3) is 0 Å². The molecule has 152 valence electrons. The molecule has 7 nitrogen and oxygen atoms in total. The van der Waals surface area contributed by atoms with Crippen LogP contribution in [0.4, 0.5) is 0 Å². The normalized spacial score (nSPS) is 16.4. The first kappa shape index (κ1) is 20.5. The molecule has 1 saturated heterocycles. The molecule has 0 bridgehead atoms. The van der Waals surface area contributed by atoms with Gasteiger partial charge in [-0.05, 0) is 12.1 Å². The van der Waals surface area contributed by atoms with Crippen molar-refractivity contribution in [2.24, 2.45) is 0 Å². The molecule has 0 unspecified atom stereocenters. The van der Waals surface area contributed by atoms with Crippen LogP contribution >= 0.6 is 0 Å². The van der Waals surface area contributed by atoms with E-state index in [1.165, 1.54) is 0 Å². The van der Waals surface area contributed by atoms with Crippen LogP contribution in [-0.4, -0.2) is 63.4 Å². The molecule has 2 aromatic heterocycles. The average molecular weight is 386 g/mol. The molecule has 0 atom stereocenters. The summed E-state index contributed by atoms with van der Waals surface area (Å²) in [6.45, 7) is 13.2. The lowest BCUT2D eigenvalue weighted by atomic mass is 9.92. The second-order valence-corrected chi connectivity index (χ2v) is 8.45. The van der Waals surface area contributed by atoms with E-state index in [1.807, 2.05) is 18.3 Å². The molecule has 1 aliphatic heterocycles. The monoisotopic (exact) mass is 385 g/mol. The van der Waals surface area contributed by atoms with Gasteiger partial charge in [-0.1, -0.05) is 26.8 Å². The molecule has 3 rings (SSSR count). The smallest absolute Gasteiger partial charge is 0.266 e. The van der Waals surface area contributed by atoms with Gasteiger partial charge in [0.1, 0.15) is 0 Å². The van der Waals surface area contributed by atoms with Crippen molar-refractivity contribution in [1.29, 1.82) is 0 Å². The number of piperazine rings is 1. The van der Waals surface area contributed by atoms with E-state index >= 15 is 0 Å². The minimum absolute atomic E-state index is 0.0417. The van der Waals surface area contributed by atoms with Crippen LogP contribution in [0.5, 0.6) is 0 Å². The zero-order valence-corrected chi connectivity index (χ0v) is 17.2. The van der Waals surface area contributed by atoms with Gasteiger partial charge >= 0.3 is 0 Å². The van der Waals surface area contributed by atoms with E-state index in [-0.39, 0.29) is 16.5 Å². The van der Waals surface area contributed by atoms with Crippen molar-refractivity contribution < 1.29 is 0 Å². The maximum absolute atomic E-state index is 12.1. The van der Waals surface area contributed by atoms with Gasteiger partial charge in [0.25, 0.3) is 11.1 Å². The molecule has 0 radical (unpaired) electrons. The molecule has 3 heterocycles. The molecule has 7 heteroatoms. The summed E-state index contributed by atoms with van der Waals surface area (Å²) in [5.74, 6) is 0. The van der Waals surface area contributed by atoms with Gasteiger partial charge in [0.05, 0.1) is 12.2 Å². The largest absolute Gasteiger partial charge is 0.314 e. The molecule has 0 aromatic carbocycles. The summed E-state index contributed by atoms with van der Waals surface area (Å²) in [6.07, 6.45) is 1.84. The zero-order chi connectivity index (χ0) is 20.1. The lowest BCUT2D eigenvalue weighted by Gasteiger charge is -2.34. The first-order valence-corrected chi connectivity index (χ1v) is 10.0. The van der Waals surface area contributed by atoms with Gasteiger partial charge in [0.2, 0.25) is 0 Å². The van der Waals surface area contributed by atoms with E-state index in [9.17, 15) is 9.59 Å². The Morgan fingerprint density at radius 1 is 0.821 bits per heavy atom. The number of hydrogen-bond acceptors (Lipinski definition) is 5. The van der Waals surface area contributed by atoms with Crippen molar-refractivity contribution >= 4 is 0 Å². The fraction of sp³-hybridized carbons (Fsp3) is 0.571. The van der Waals surface area contributed by atoms with Crippen LogP contribution < -0.4 is 11.1 Å². The van der Waals surface area contributed by atoms with E-state index in [0.717, 1.165) is 51.5 Å². The van der Waals surface area contributed by atoms with Crippen molar-refractivity contribution in [2.75, 3.05) is 39.3 Å². The maximum Gasteiger partial charge on any atom is 0.266 e. The Balaban J connectivity index is 1.47. The summed E-state index contributed by atoms with van der Waals surface area (Å²) in [7, 11) is 0. The van der Waals surface area contributed by atoms with E-state index in [1.54, 1.807) is 27.4 Å². The van der Waals surface area contributed by atoms with E-state index in [0.29, 0.717) is 6.54 Å². The highest BCUT2D eigenvalue weighted by Gasteiger charge is 2.19. The summed E-state index contributed by atoms with van der Waals surface area (Å²) in [5, 5.41) is 4.55. The van der Waals surface area contributed by atoms with Crippen LogP contribution in [0.1, 0.15) is 26.5 Å². The summed E-state index contributed by atoms with van der Waals surface area (Å²) in [5.41, 5.74) is 0.881. The second-order valence-electron chi connectivity index (χ2n) is 8.45. The van der Waals surface area contributed by atoms with Crippen LogP contribution in [-0.2, 0) is 18.5 Å². The Kier molecular flexibility index (Phi) is 6.46. The van der Waals surface area contributed by atoms with Crippen molar-refractivity contribution in [1.82, 2.24) is 24.1 Å². The third-order valence-electron chi connectivity index (χ3n) is 5.28.